The number of halogens is 1. The lowest BCUT2D eigenvalue weighted by Crippen LogP contribution is -1.99. The lowest BCUT2D eigenvalue weighted by atomic mass is 9.90. The second kappa shape index (κ2) is 5.06. The van der Waals surface area contributed by atoms with Crippen molar-refractivity contribution in [2.24, 2.45) is 0 Å². The van der Waals surface area contributed by atoms with Crippen LogP contribution in [0, 0.1) is 0 Å². The Bertz CT molecular complexity index is 698. The number of hydrogen-bond donors (Lipinski definition) is 0. The first-order valence-corrected chi connectivity index (χ1v) is 8.18. The van der Waals surface area contributed by atoms with Gasteiger partial charge in [-0.1, -0.05) is 35.5 Å². The summed E-state index contributed by atoms with van der Waals surface area (Å²) < 4.78 is 12.2. The first kappa shape index (κ1) is 13.2. The van der Waals surface area contributed by atoms with Crippen molar-refractivity contribution in [1.82, 2.24) is 0 Å². The Labute approximate surface area is 133 Å². The summed E-state index contributed by atoms with van der Waals surface area (Å²) >= 11 is 3.68. The number of allylic oxidation sites excluding steroid dienone is 5. The van der Waals surface area contributed by atoms with Crippen LogP contribution in [0.5, 0.6) is 11.5 Å². The van der Waals surface area contributed by atoms with Gasteiger partial charge >= 0.3 is 0 Å². The third kappa shape index (κ3) is 2.15. The Morgan fingerprint density at radius 2 is 2.24 bits per heavy atom. The van der Waals surface area contributed by atoms with Gasteiger partial charge in [0.1, 0.15) is 0 Å². The molecule has 1 unspecified atom stereocenters. The van der Waals surface area contributed by atoms with Crippen LogP contribution in [0.2, 0.25) is 0 Å². The quantitative estimate of drug-likeness (QED) is 0.736. The highest BCUT2D eigenvalue weighted by Crippen LogP contribution is 2.50. The molecule has 0 radical (unpaired) electrons. The molecule has 4 rings (SSSR count). The smallest absolute Gasteiger partial charge is 0.231 e. The van der Waals surface area contributed by atoms with Gasteiger partial charge in [-0.3, -0.25) is 0 Å². The monoisotopic (exact) mass is 344 g/mol. The molecule has 0 saturated carbocycles. The van der Waals surface area contributed by atoms with E-state index in [1.807, 2.05) is 0 Å². The maximum absolute atomic E-state index is 5.57. The topological polar surface area (TPSA) is 18.5 Å². The molecule has 3 aliphatic rings. The van der Waals surface area contributed by atoms with Gasteiger partial charge in [0, 0.05) is 5.92 Å². The zero-order chi connectivity index (χ0) is 14.4. The number of ether oxygens (including phenoxy) is 2. The molecule has 0 saturated heterocycles. The minimum Gasteiger partial charge on any atom is -0.454 e. The molecule has 3 heteroatoms. The molecule has 0 bridgehead atoms. The number of rotatable bonds is 3. The van der Waals surface area contributed by atoms with Crippen molar-refractivity contribution in [3.63, 3.8) is 0 Å². The van der Waals surface area contributed by atoms with Crippen LogP contribution in [0.3, 0.4) is 0 Å². The third-order valence-electron chi connectivity index (χ3n) is 4.57. The Balaban J connectivity index is 1.64. The number of fused-ring (bicyclic) bond motifs is 2. The lowest BCUT2D eigenvalue weighted by molar-refractivity contribution is 0.173. The molecule has 0 spiro atoms. The van der Waals surface area contributed by atoms with Crippen LogP contribution < -0.4 is 9.47 Å². The highest BCUT2D eigenvalue weighted by atomic mass is 79.9. The Morgan fingerprint density at radius 1 is 1.33 bits per heavy atom. The Hall–Kier alpha value is -1.48. The fourth-order valence-electron chi connectivity index (χ4n) is 3.43. The van der Waals surface area contributed by atoms with E-state index in [1.165, 1.54) is 22.3 Å². The Kier molecular flexibility index (Phi) is 3.18. The minimum absolute atomic E-state index is 0.322. The van der Waals surface area contributed by atoms with Crippen molar-refractivity contribution in [3.8, 4) is 11.5 Å². The van der Waals surface area contributed by atoms with E-state index in [9.17, 15) is 0 Å². The molecule has 1 aromatic rings. The molecule has 2 nitrogen and oxygen atoms in total. The van der Waals surface area contributed by atoms with Gasteiger partial charge in [-0.2, -0.15) is 0 Å². The summed E-state index contributed by atoms with van der Waals surface area (Å²) in [5.41, 5.74) is 5.60. The summed E-state index contributed by atoms with van der Waals surface area (Å²) in [6.07, 6.45) is 12.4. The minimum atomic E-state index is 0.322. The highest BCUT2D eigenvalue weighted by molar-refractivity contribution is 9.10. The SMILES string of the molecule is CC1=Cc2c(cc3c(c2Br)OCO3)C1CCC1=CC=CC1. The molecule has 1 aromatic carbocycles. The van der Waals surface area contributed by atoms with Crippen molar-refractivity contribution >= 4 is 22.0 Å². The maximum atomic E-state index is 5.57. The van der Waals surface area contributed by atoms with Crippen molar-refractivity contribution in [1.29, 1.82) is 0 Å². The summed E-state index contributed by atoms with van der Waals surface area (Å²) in [4.78, 5) is 0. The van der Waals surface area contributed by atoms with Gasteiger partial charge in [-0.25, -0.2) is 0 Å². The van der Waals surface area contributed by atoms with Crippen LogP contribution in [0.4, 0.5) is 0 Å². The first-order chi connectivity index (χ1) is 10.2. The second-order valence-corrected chi connectivity index (χ2v) is 6.66. The van der Waals surface area contributed by atoms with Crippen molar-refractivity contribution in [2.75, 3.05) is 6.79 Å². The predicted octanol–water partition coefficient (Wildman–Crippen LogP) is 5.34. The van der Waals surface area contributed by atoms with Crippen LogP contribution in [0.25, 0.3) is 6.08 Å². The van der Waals surface area contributed by atoms with E-state index >= 15 is 0 Å². The normalized spacial score (nSPS) is 21.5. The molecular formula is C18H17BrO2. The summed E-state index contributed by atoms with van der Waals surface area (Å²) in [6, 6.07) is 2.17. The van der Waals surface area contributed by atoms with E-state index in [0.717, 1.165) is 35.2 Å². The summed E-state index contributed by atoms with van der Waals surface area (Å²) in [7, 11) is 0. The van der Waals surface area contributed by atoms with Gasteiger partial charge in [0.2, 0.25) is 6.79 Å². The molecule has 1 atom stereocenters. The van der Waals surface area contributed by atoms with Gasteiger partial charge in [0.15, 0.2) is 11.5 Å². The molecule has 0 fully saturated rings. The van der Waals surface area contributed by atoms with E-state index in [-0.39, 0.29) is 0 Å². The van der Waals surface area contributed by atoms with Crippen LogP contribution in [-0.2, 0) is 0 Å². The largest absolute Gasteiger partial charge is 0.454 e. The first-order valence-electron chi connectivity index (χ1n) is 7.39. The summed E-state index contributed by atoms with van der Waals surface area (Å²) in [5.74, 6) is 2.21. The van der Waals surface area contributed by atoms with Crippen molar-refractivity contribution in [3.05, 3.63) is 51.0 Å². The molecule has 1 aliphatic heterocycles. The highest BCUT2D eigenvalue weighted by Gasteiger charge is 2.30. The zero-order valence-corrected chi connectivity index (χ0v) is 13.6. The average Bonchev–Trinajstić information content (AvgIpc) is 3.17. The van der Waals surface area contributed by atoms with Gasteiger partial charge in [-0.15, -0.1) is 0 Å². The standard InChI is InChI=1S/C18H17BrO2/c1-11-8-15-14(9-16-18(17(15)19)21-10-20-16)13(11)7-6-12-4-2-3-5-12/h2-4,8-9,13H,5-7,10H2,1H3. The van der Waals surface area contributed by atoms with Gasteiger partial charge in [0.25, 0.3) is 0 Å². The molecule has 1 heterocycles. The Morgan fingerprint density at radius 3 is 3.05 bits per heavy atom. The van der Waals surface area contributed by atoms with Gasteiger partial charge < -0.3 is 9.47 Å². The zero-order valence-electron chi connectivity index (χ0n) is 12.0. The van der Waals surface area contributed by atoms with Crippen LogP contribution >= 0.6 is 15.9 Å². The van der Waals surface area contributed by atoms with E-state index in [2.05, 4.69) is 53.2 Å². The van der Waals surface area contributed by atoms with Crippen molar-refractivity contribution in [2.45, 2.75) is 32.1 Å². The van der Waals surface area contributed by atoms with E-state index in [0.29, 0.717) is 12.7 Å². The molecule has 0 amide bonds. The van der Waals surface area contributed by atoms with Crippen LogP contribution in [0.15, 0.2) is 39.9 Å². The van der Waals surface area contributed by atoms with E-state index in [1.54, 1.807) is 0 Å². The summed E-state index contributed by atoms with van der Waals surface area (Å²) in [5, 5.41) is 0. The van der Waals surface area contributed by atoms with E-state index < -0.39 is 0 Å². The second-order valence-electron chi connectivity index (χ2n) is 5.86. The molecule has 2 aliphatic carbocycles. The summed E-state index contributed by atoms with van der Waals surface area (Å²) in [6.45, 7) is 2.55. The molecule has 0 N–H and O–H groups in total. The van der Waals surface area contributed by atoms with E-state index in [4.69, 9.17) is 9.47 Å². The predicted molar refractivity (Wildman–Crippen MR) is 87.7 cm³/mol. The van der Waals surface area contributed by atoms with Gasteiger partial charge in [0.05, 0.1) is 4.47 Å². The van der Waals surface area contributed by atoms with Crippen LogP contribution in [0.1, 0.15) is 43.2 Å². The molecular weight excluding hydrogens is 328 g/mol. The fraction of sp³-hybridized carbons (Fsp3) is 0.333. The fourth-order valence-corrected chi connectivity index (χ4v) is 4.09. The van der Waals surface area contributed by atoms with Crippen molar-refractivity contribution < 1.29 is 9.47 Å². The average molecular weight is 345 g/mol. The number of benzene rings is 1. The molecule has 108 valence electrons. The molecule has 21 heavy (non-hydrogen) atoms. The lowest BCUT2D eigenvalue weighted by Gasteiger charge is -2.16. The molecule has 0 aromatic heterocycles. The maximum Gasteiger partial charge on any atom is 0.231 e. The number of hydrogen-bond acceptors (Lipinski definition) is 2. The third-order valence-corrected chi connectivity index (χ3v) is 5.36. The van der Waals surface area contributed by atoms with Crippen LogP contribution in [-0.4, -0.2) is 6.79 Å². The van der Waals surface area contributed by atoms with Gasteiger partial charge in [-0.05, 0) is 59.3 Å².